The summed E-state index contributed by atoms with van der Waals surface area (Å²) in [4.78, 5) is 13.2. The van der Waals surface area contributed by atoms with Gasteiger partial charge in [0.15, 0.2) is 10.8 Å². The summed E-state index contributed by atoms with van der Waals surface area (Å²) in [5.74, 6) is 1.34. The lowest BCUT2D eigenvalue weighted by Gasteiger charge is -2.50. The van der Waals surface area contributed by atoms with Crippen molar-refractivity contribution in [3.63, 3.8) is 0 Å². The Kier molecular flexibility index (Phi) is 4.50. The van der Waals surface area contributed by atoms with Crippen LogP contribution in [0.4, 0.5) is 5.69 Å². The highest BCUT2D eigenvalue weighted by Gasteiger charge is 2.54. The van der Waals surface area contributed by atoms with E-state index >= 15 is 0 Å². The highest BCUT2D eigenvalue weighted by molar-refractivity contribution is 7.80. The minimum Gasteiger partial charge on any atom is -0.497 e. The standard InChI is InChI=1S/C20H21N3O4S/c1-20-16(18(24)21-11-4-6-12(25-2)7-5-11)17(22-19(28)23-20)14-10-13(26-3)8-9-15(14)27-20/h4-10,16-17H,1-3H3,(H,21,24)(H2,22,23,28)/t16-,17+,20+/m0/s1. The van der Waals surface area contributed by atoms with Gasteiger partial charge in [0.1, 0.15) is 23.2 Å². The van der Waals surface area contributed by atoms with E-state index in [9.17, 15) is 4.79 Å². The van der Waals surface area contributed by atoms with Crippen molar-refractivity contribution in [3.05, 3.63) is 48.0 Å². The zero-order chi connectivity index (χ0) is 19.9. The molecule has 146 valence electrons. The molecule has 3 atom stereocenters. The molecule has 8 heteroatoms. The Morgan fingerprint density at radius 1 is 1.14 bits per heavy atom. The second-order valence-electron chi connectivity index (χ2n) is 6.88. The molecular formula is C20H21N3O4S. The van der Waals surface area contributed by atoms with Gasteiger partial charge in [-0.1, -0.05) is 0 Å². The van der Waals surface area contributed by atoms with Crippen LogP contribution in [0.5, 0.6) is 17.2 Å². The number of rotatable bonds is 4. The Labute approximate surface area is 168 Å². The first-order valence-corrected chi connectivity index (χ1v) is 9.25. The van der Waals surface area contributed by atoms with Crippen molar-refractivity contribution in [1.82, 2.24) is 10.6 Å². The molecule has 2 aromatic rings. The molecule has 0 saturated carbocycles. The highest BCUT2D eigenvalue weighted by Crippen LogP contribution is 2.46. The molecule has 28 heavy (non-hydrogen) atoms. The predicted octanol–water partition coefficient (Wildman–Crippen LogP) is 2.59. The first-order valence-electron chi connectivity index (χ1n) is 8.84. The van der Waals surface area contributed by atoms with E-state index < -0.39 is 11.6 Å². The lowest BCUT2D eigenvalue weighted by Crippen LogP contribution is -2.70. The van der Waals surface area contributed by atoms with E-state index in [1.54, 1.807) is 38.5 Å². The minimum absolute atomic E-state index is 0.186. The number of benzene rings is 2. The molecule has 2 heterocycles. The van der Waals surface area contributed by atoms with Crippen molar-refractivity contribution in [1.29, 1.82) is 0 Å². The molecule has 2 aliphatic heterocycles. The van der Waals surface area contributed by atoms with Gasteiger partial charge in [-0.05, 0) is 61.6 Å². The van der Waals surface area contributed by atoms with Crippen LogP contribution in [0.3, 0.4) is 0 Å². The lowest BCUT2D eigenvalue weighted by molar-refractivity contribution is -0.132. The molecule has 3 N–H and O–H groups in total. The van der Waals surface area contributed by atoms with Crippen molar-refractivity contribution in [3.8, 4) is 17.2 Å². The van der Waals surface area contributed by atoms with Gasteiger partial charge in [-0.2, -0.15) is 0 Å². The van der Waals surface area contributed by atoms with Crippen LogP contribution in [-0.2, 0) is 4.79 Å². The summed E-state index contributed by atoms with van der Waals surface area (Å²) < 4.78 is 16.7. The van der Waals surface area contributed by atoms with E-state index in [2.05, 4.69) is 16.0 Å². The van der Waals surface area contributed by atoms with E-state index in [0.29, 0.717) is 22.3 Å². The summed E-state index contributed by atoms with van der Waals surface area (Å²) in [5.41, 5.74) is 0.521. The van der Waals surface area contributed by atoms with Gasteiger partial charge in [0.05, 0.1) is 20.3 Å². The SMILES string of the molecule is COc1ccc(NC(=O)[C@@H]2[C@@H]3NC(=S)N[C@]2(C)Oc2ccc(OC)cc23)cc1. The molecule has 2 bridgehead atoms. The number of carbonyl (C=O) groups excluding carboxylic acids is 1. The quantitative estimate of drug-likeness (QED) is 0.682. The monoisotopic (exact) mass is 399 g/mol. The normalized spacial score (nSPS) is 24.8. The van der Waals surface area contributed by atoms with Crippen LogP contribution in [0.2, 0.25) is 0 Å². The number of amides is 1. The Morgan fingerprint density at radius 2 is 1.82 bits per heavy atom. The third-order valence-electron chi connectivity index (χ3n) is 5.09. The number of ether oxygens (including phenoxy) is 3. The van der Waals surface area contributed by atoms with Crippen LogP contribution in [-0.4, -0.2) is 31.0 Å². The van der Waals surface area contributed by atoms with Crippen molar-refractivity contribution in [2.24, 2.45) is 5.92 Å². The van der Waals surface area contributed by atoms with Gasteiger partial charge in [-0.25, -0.2) is 0 Å². The van der Waals surface area contributed by atoms with Crippen LogP contribution in [0.15, 0.2) is 42.5 Å². The number of anilines is 1. The molecule has 1 fully saturated rings. The number of hydrogen-bond acceptors (Lipinski definition) is 5. The first kappa shape index (κ1) is 18.4. The number of carbonyl (C=O) groups is 1. The van der Waals surface area contributed by atoms with Crippen LogP contribution in [0.1, 0.15) is 18.5 Å². The summed E-state index contributed by atoms with van der Waals surface area (Å²) in [6.45, 7) is 1.83. The Bertz CT molecular complexity index is 934. The Balaban J connectivity index is 1.68. The Morgan fingerprint density at radius 3 is 2.50 bits per heavy atom. The van der Waals surface area contributed by atoms with Crippen molar-refractivity contribution in [2.75, 3.05) is 19.5 Å². The maximum atomic E-state index is 13.2. The van der Waals surface area contributed by atoms with Crippen molar-refractivity contribution < 1.29 is 19.0 Å². The molecule has 7 nitrogen and oxygen atoms in total. The summed E-state index contributed by atoms with van der Waals surface area (Å²) in [6.07, 6.45) is 0. The molecule has 1 saturated heterocycles. The smallest absolute Gasteiger partial charge is 0.236 e. The molecule has 2 aromatic carbocycles. The van der Waals surface area contributed by atoms with Crippen LogP contribution in [0.25, 0.3) is 0 Å². The van der Waals surface area contributed by atoms with Gasteiger partial charge in [-0.3, -0.25) is 4.79 Å². The fraction of sp³-hybridized carbons (Fsp3) is 0.300. The van der Waals surface area contributed by atoms with E-state index in [-0.39, 0.29) is 11.9 Å². The number of methoxy groups -OCH3 is 2. The molecule has 0 unspecified atom stereocenters. The van der Waals surface area contributed by atoms with Gasteiger partial charge in [-0.15, -0.1) is 0 Å². The van der Waals surface area contributed by atoms with Crippen LogP contribution >= 0.6 is 12.2 Å². The molecule has 1 amide bonds. The van der Waals surface area contributed by atoms with E-state index in [1.807, 2.05) is 25.1 Å². The highest BCUT2D eigenvalue weighted by atomic mass is 32.1. The molecule has 0 radical (unpaired) electrons. The van der Waals surface area contributed by atoms with E-state index in [4.69, 9.17) is 26.4 Å². The molecule has 0 aromatic heterocycles. The zero-order valence-corrected chi connectivity index (χ0v) is 16.6. The average molecular weight is 399 g/mol. The van der Waals surface area contributed by atoms with E-state index in [0.717, 1.165) is 11.3 Å². The van der Waals surface area contributed by atoms with Crippen LogP contribution in [0, 0.1) is 5.92 Å². The fourth-order valence-electron chi connectivity index (χ4n) is 3.74. The number of nitrogens with one attached hydrogen (secondary N) is 3. The van der Waals surface area contributed by atoms with Gasteiger partial charge < -0.3 is 30.2 Å². The number of hydrogen-bond donors (Lipinski definition) is 3. The minimum atomic E-state index is -0.981. The van der Waals surface area contributed by atoms with Crippen molar-refractivity contribution >= 4 is 28.9 Å². The second-order valence-corrected chi connectivity index (χ2v) is 7.29. The molecule has 0 aliphatic carbocycles. The lowest BCUT2D eigenvalue weighted by atomic mass is 9.80. The topological polar surface area (TPSA) is 80.9 Å². The number of thiocarbonyl (C=S) groups is 1. The molecular weight excluding hydrogens is 378 g/mol. The zero-order valence-electron chi connectivity index (χ0n) is 15.7. The molecule has 4 rings (SSSR count). The van der Waals surface area contributed by atoms with Crippen LogP contribution < -0.4 is 30.2 Å². The van der Waals surface area contributed by atoms with E-state index in [1.165, 1.54) is 0 Å². The summed E-state index contributed by atoms with van der Waals surface area (Å²) in [7, 11) is 3.20. The largest absolute Gasteiger partial charge is 0.497 e. The maximum absolute atomic E-state index is 13.2. The average Bonchev–Trinajstić information content (AvgIpc) is 2.67. The number of fused-ring (bicyclic) bond motifs is 4. The predicted molar refractivity (Wildman–Crippen MR) is 109 cm³/mol. The third-order valence-corrected chi connectivity index (χ3v) is 5.31. The summed E-state index contributed by atoms with van der Waals surface area (Å²) in [5, 5.41) is 9.74. The third kappa shape index (κ3) is 3.09. The second kappa shape index (κ2) is 6.87. The van der Waals surface area contributed by atoms with Gasteiger partial charge in [0.25, 0.3) is 0 Å². The molecule has 0 spiro atoms. The van der Waals surface area contributed by atoms with Gasteiger partial charge >= 0.3 is 0 Å². The first-order chi connectivity index (χ1) is 13.4. The maximum Gasteiger partial charge on any atom is 0.236 e. The van der Waals surface area contributed by atoms with Gasteiger partial charge in [0, 0.05) is 11.3 Å². The fourth-order valence-corrected chi connectivity index (χ4v) is 4.07. The summed E-state index contributed by atoms with van der Waals surface area (Å²) in [6, 6.07) is 12.4. The molecule has 2 aliphatic rings. The Hall–Kier alpha value is -3.00. The summed E-state index contributed by atoms with van der Waals surface area (Å²) >= 11 is 5.34. The van der Waals surface area contributed by atoms with Gasteiger partial charge in [0.2, 0.25) is 5.91 Å². The van der Waals surface area contributed by atoms with Crippen molar-refractivity contribution in [2.45, 2.75) is 18.7 Å².